The van der Waals surface area contributed by atoms with E-state index in [0.717, 1.165) is 17.9 Å². The summed E-state index contributed by atoms with van der Waals surface area (Å²) in [6, 6.07) is 14.9. The largest absolute Gasteiger partial charge is 0.508 e. The second-order valence-electron chi connectivity index (χ2n) is 4.35. The summed E-state index contributed by atoms with van der Waals surface area (Å²) in [5.74, 6) is 1.83. The highest BCUT2D eigenvalue weighted by Gasteiger charge is 1.99. The summed E-state index contributed by atoms with van der Waals surface area (Å²) in [5.41, 5.74) is 1.30. The predicted molar refractivity (Wildman–Crippen MR) is 73.2 cm³/mol. The van der Waals surface area contributed by atoms with Gasteiger partial charge in [0.1, 0.15) is 17.2 Å². The molecular weight excluding hydrogens is 224 g/mol. The minimum atomic E-state index is 0.249. The van der Waals surface area contributed by atoms with Crippen LogP contribution in [0.1, 0.15) is 25.3 Å². The highest BCUT2D eigenvalue weighted by Crippen LogP contribution is 2.24. The second kappa shape index (κ2) is 6.10. The summed E-state index contributed by atoms with van der Waals surface area (Å²) in [5, 5.41) is 9.21. The van der Waals surface area contributed by atoms with Crippen molar-refractivity contribution in [2.75, 3.05) is 0 Å². The molecule has 18 heavy (non-hydrogen) atoms. The van der Waals surface area contributed by atoms with Crippen molar-refractivity contribution in [3.05, 3.63) is 54.1 Å². The van der Waals surface area contributed by atoms with Gasteiger partial charge in [-0.3, -0.25) is 0 Å². The lowest BCUT2D eigenvalue weighted by atomic mass is 10.1. The molecule has 0 spiro atoms. The molecule has 0 saturated heterocycles. The zero-order valence-electron chi connectivity index (χ0n) is 10.6. The average molecular weight is 242 g/mol. The Hall–Kier alpha value is -1.96. The maximum Gasteiger partial charge on any atom is 0.127 e. The van der Waals surface area contributed by atoms with E-state index in [2.05, 4.69) is 19.1 Å². The smallest absolute Gasteiger partial charge is 0.127 e. The fourth-order valence-corrected chi connectivity index (χ4v) is 1.80. The Labute approximate surface area is 108 Å². The summed E-state index contributed by atoms with van der Waals surface area (Å²) >= 11 is 0. The third-order valence-electron chi connectivity index (χ3n) is 2.79. The van der Waals surface area contributed by atoms with Crippen LogP contribution in [-0.4, -0.2) is 5.11 Å². The van der Waals surface area contributed by atoms with E-state index >= 15 is 0 Å². The van der Waals surface area contributed by atoms with Gasteiger partial charge in [0.05, 0.1) is 0 Å². The molecule has 2 nitrogen and oxygen atoms in total. The van der Waals surface area contributed by atoms with Crippen molar-refractivity contribution in [3.8, 4) is 17.2 Å². The molecule has 0 heterocycles. The van der Waals surface area contributed by atoms with Crippen LogP contribution in [0, 0.1) is 0 Å². The van der Waals surface area contributed by atoms with E-state index in [9.17, 15) is 5.11 Å². The molecule has 2 aromatic carbocycles. The SMILES string of the molecule is CCCCc1cccc(Oc2ccc(O)cc2)c1. The molecule has 0 amide bonds. The van der Waals surface area contributed by atoms with Gasteiger partial charge in [-0.05, 0) is 54.8 Å². The van der Waals surface area contributed by atoms with Crippen LogP contribution in [0.2, 0.25) is 0 Å². The van der Waals surface area contributed by atoms with Crippen molar-refractivity contribution < 1.29 is 9.84 Å². The van der Waals surface area contributed by atoms with Gasteiger partial charge in [0.2, 0.25) is 0 Å². The van der Waals surface area contributed by atoms with E-state index in [1.807, 2.05) is 12.1 Å². The topological polar surface area (TPSA) is 29.5 Å². The fourth-order valence-electron chi connectivity index (χ4n) is 1.80. The molecule has 0 aliphatic heterocycles. The van der Waals surface area contributed by atoms with Crippen LogP contribution in [0.3, 0.4) is 0 Å². The summed E-state index contributed by atoms with van der Waals surface area (Å²) in [4.78, 5) is 0. The second-order valence-corrected chi connectivity index (χ2v) is 4.35. The van der Waals surface area contributed by atoms with Gasteiger partial charge in [-0.2, -0.15) is 0 Å². The standard InChI is InChI=1S/C16H18O2/c1-2-3-5-13-6-4-7-16(12-13)18-15-10-8-14(17)9-11-15/h4,6-12,17H,2-3,5H2,1H3. The van der Waals surface area contributed by atoms with E-state index in [0.29, 0.717) is 0 Å². The number of unbranched alkanes of at least 4 members (excludes halogenated alkanes) is 1. The molecule has 2 heteroatoms. The van der Waals surface area contributed by atoms with Crippen LogP contribution < -0.4 is 4.74 Å². The van der Waals surface area contributed by atoms with Gasteiger partial charge in [-0.25, -0.2) is 0 Å². The molecule has 0 radical (unpaired) electrons. The van der Waals surface area contributed by atoms with Crippen molar-refractivity contribution in [2.24, 2.45) is 0 Å². The zero-order chi connectivity index (χ0) is 12.8. The lowest BCUT2D eigenvalue weighted by Gasteiger charge is -2.07. The fraction of sp³-hybridized carbons (Fsp3) is 0.250. The molecule has 0 aromatic heterocycles. The average Bonchev–Trinajstić information content (AvgIpc) is 2.40. The summed E-state index contributed by atoms with van der Waals surface area (Å²) in [6.45, 7) is 2.19. The van der Waals surface area contributed by atoms with Crippen LogP contribution in [0.15, 0.2) is 48.5 Å². The molecular formula is C16H18O2. The third-order valence-corrected chi connectivity index (χ3v) is 2.79. The zero-order valence-corrected chi connectivity index (χ0v) is 10.6. The minimum Gasteiger partial charge on any atom is -0.508 e. The number of rotatable bonds is 5. The maximum absolute atomic E-state index is 9.21. The van der Waals surface area contributed by atoms with Gasteiger partial charge in [-0.1, -0.05) is 25.5 Å². The number of aromatic hydroxyl groups is 1. The first-order chi connectivity index (χ1) is 8.78. The van der Waals surface area contributed by atoms with Crippen molar-refractivity contribution in [2.45, 2.75) is 26.2 Å². The molecule has 0 fully saturated rings. The van der Waals surface area contributed by atoms with Gasteiger partial charge in [0, 0.05) is 0 Å². The van der Waals surface area contributed by atoms with Gasteiger partial charge >= 0.3 is 0 Å². The molecule has 0 aliphatic rings. The van der Waals surface area contributed by atoms with Gasteiger partial charge in [-0.15, -0.1) is 0 Å². The molecule has 0 bridgehead atoms. The lowest BCUT2D eigenvalue weighted by molar-refractivity contribution is 0.464. The predicted octanol–water partition coefficient (Wildman–Crippen LogP) is 4.53. The first kappa shape index (κ1) is 12.5. The van der Waals surface area contributed by atoms with E-state index in [-0.39, 0.29) is 5.75 Å². The molecule has 0 saturated carbocycles. The highest BCUT2D eigenvalue weighted by atomic mass is 16.5. The van der Waals surface area contributed by atoms with Crippen LogP contribution in [0.25, 0.3) is 0 Å². The Morgan fingerprint density at radius 2 is 1.78 bits per heavy atom. The molecule has 94 valence electrons. The normalized spacial score (nSPS) is 10.3. The van der Waals surface area contributed by atoms with E-state index in [1.165, 1.54) is 18.4 Å². The van der Waals surface area contributed by atoms with E-state index in [1.54, 1.807) is 24.3 Å². The van der Waals surface area contributed by atoms with Crippen molar-refractivity contribution in [1.29, 1.82) is 0 Å². The highest BCUT2D eigenvalue weighted by molar-refractivity contribution is 5.36. The first-order valence-corrected chi connectivity index (χ1v) is 6.34. The summed E-state index contributed by atoms with van der Waals surface area (Å²) < 4.78 is 5.74. The Kier molecular flexibility index (Phi) is 4.24. The molecule has 0 unspecified atom stereocenters. The van der Waals surface area contributed by atoms with Crippen molar-refractivity contribution in [1.82, 2.24) is 0 Å². The monoisotopic (exact) mass is 242 g/mol. The molecule has 2 rings (SSSR count). The van der Waals surface area contributed by atoms with Crippen LogP contribution in [-0.2, 0) is 6.42 Å². The summed E-state index contributed by atoms with van der Waals surface area (Å²) in [7, 11) is 0. The number of aryl methyl sites for hydroxylation is 1. The first-order valence-electron chi connectivity index (χ1n) is 6.34. The summed E-state index contributed by atoms with van der Waals surface area (Å²) in [6.07, 6.45) is 3.48. The number of phenols is 1. The number of phenolic OH excluding ortho intramolecular Hbond substituents is 1. The minimum absolute atomic E-state index is 0.249. The van der Waals surface area contributed by atoms with Gasteiger partial charge < -0.3 is 9.84 Å². The van der Waals surface area contributed by atoms with Gasteiger partial charge in [0.25, 0.3) is 0 Å². The number of benzene rings is 2. The van der Waals surface area contributed by atoms with Gasteiger partial charge in [0.15, 0.2) is 0 Å². The number of ether oxygens (including phenoxy) is 1. The Morgan fingerprint density at radius 1 is 1.00 bits per heavy atom. The molecule has 0 aliphatic carbocycles. The van der Waals surface area contributed by atoms with Crippen LogP contribution in [0.4, 0.5) is 0 Å². The Bertz CT molecular complexity index is 489. The quantitative estimate of drug-likeness (QED) is 0.834. The van der Waals surface area contributed by atoms with Crippen LogP contribution >= 0.6 is 0 Å². The van der Waals surface area contributed by atoms with E-state index < -0.39 is 0 Å². The lowest BCUT2D eigenvalue weighted by Crippen LogP contribution is -1.88. The van der Waals surface area contributed by atoms with E-state index in [4.69, 9.17) is 4.74 Å². The third kappa shape index (κ3) is 3.52. The number of hydrogen-bond acceptors (Lipinski definition) is 2. The molecule has 1 N–H and O–H groups in total. The molecule has 2 aromatic rings. The number of hydrogen-bond donors (Lipinski definition) is 1. The Morgan fingerprint density at radius 3 is 2.50 bits per heavy atom. The van der Waals surface area contributed by atoms with Crippen molar-refractivity contribution in [3.63, 3.8) is 0 Å². The van der Waals surface area contributed by atoms with Crippen molar-refractivity contribution >= 4 is 0 Å². The Balaban J connectivity index is 2.06. The van der Waals surface area contributed by atoms with Crippen LogP contribution in [0.5, 0.6) is 17.2 Å². The maximum atomic E-state index is 9.21. The molecule has 0 atom stereocenters.